The van der Waals surface area contributed by atoms with Gasteiger partial charge in [0, 0.05) is 25.2 Å². The number of nitrogens with two attached hydrogens (primary N) is 1. The molecule has 0 aliphatic carbocycles. The topological polar surface area (TPSA) is 44.9 Å². The molecule has 2 N–H and O–H groups in total. The van der Waals surface area contributed by atoms with Gasteiger partial charge in [-0.05, 0) is 47.1 Å². The van der Waals surface area contributed by atoms with Gasteiger partial charge in [-0.25, -0.2) is 0 Å². The minimum absolute atomic E-state index is 0.495. The maximum Gasteiger partial charge on any atom is 0.191 e. The van der Waals surface area contributed by atoms with Crippen molar-refractivity contribution in [2.24, 2.45) is 10.7 Å². The second kappa shape index (κ2) is 7.62. The lowest BCUT2D eigenvalue weighted by molar-refractivity contribution is 0.118. The molecule has 1 saturated heterocycles. The predicted molar refractivity (Wildman–Crippen MR) is 78.9 cm³/mol. The molecule has 0 aromatic rings. The molecule has 0 radical (unpaired) electrons. The van der Waals surface area contributed by atoms with Crippen molar-refractivity contribution in [3.8, 4) is 0 Å². The smallest absolute Gasteiger partial charge is 0.191 e. The SMILES string of the molecule is CCN(CC)C(N)=NCC(C)N1CCCCC1C. The van der Waals surface area contributed by atoms with Gasteiger partial charge in [0.1, 0.15) is 0 Å². The van der Waals surface area contributed by atoms with Crippen LogP contribution in [0.4, 0.5) is 0 Å². The first-order valence-corrected chi connectivity index (χ1v) is 7.40. The van der Waals surface area contributed by atoms with Crippen LogP contribution in [-0.4, -0.2) is 54.0 Å². The molecule has 1 aliphatic heterocycles. The highest BCUT2D eigenvalue weighted by molar-refractivity contribution is 5.78. The van der Waals surface area contributed by atoms with Crippen LogP contribution in [-0.2, 0) is 0 Å². The summed E-state index contributed by atoms with van der Waals surface area (Å²) in [5.74, 6) is 0.691. The molecule has 0 aromatic heterocycles. The maximum absolute atomic E-state index is 6.01. The number of aliphatic imine (C=N–C) groups is 1. The first-order chi connectivity index (χ1) is 8.60. The first kappa shape index (κ1) is 15.3. The molecule has 1 rings (SSSR count). The Morgan fingerprint density at radius 2 is 2.06 bits per heavy atom. The molecule has 106 valence electrons. The Kier molecular flexibility index (Phi) is 6.47. The largest absolute Gasteiger partial charge is 0.370 e. The Morgan fingerprint density at radius 3 is 2.61 bits per heavy atom. The number of piperidine rings is 1. The fourth-order valence-corrected chi connectivity index (χ4v) is 2.75. The van der Waals surface area contributed by atoms with Gasteiger partial charge in [0.2, 0.25) is 0 Å². The number of rotatable bonds is 5. The standard InChI is InChI=1S/C14H30N4/c1-5-17(6-2)14(15)16-11-13(4)18-10-8-7-9-12(18)3/h12-13H,5-11H2,1-4H3,(H2,15,16). The summed E-state index contributed by atoms with van der Waals surface area (Å²) in [7, 11) is 0. The highest BCUT2D eigenvalue weighted by Gasteiger charge is 2.22. The summed E-state index contributed by atoms with van der Waals surface area (Å²) >= 11 is 0. The molecule has 0 aromatic carbocycles. The number of nitrogens with zero attached hydrogens (tertiary/aromatic N) is 3. The summed E-state index contributed by atoms with van der Waals surface area (Å²) in [6.45, 7) is 12.7. The summed E-state index contributed by atoms with van der Waals surface area (Å²) in [6, 6.07) is 1.19. The molecule has 2 atom stereocenters. The predicted octanol–water partition coefficient (Wildman–Crippen LogP) is 1.91. The number of likely N-dealkylation sites (tertiary alicyclic amines) is 1. The van der Waals surface area contributed by atoms with E-state index in [0.29, 0.717) is 18.0 Å². The number of guanidine groups is 1. The van der Waals surface area contributed by atoms with Crippen molar-refractivity contribution >= 4 is 5.96 Å². The van der Waals surface area contributed by atoms with Crippen molar-refractivity contribution in [1.82, 2.24) is 9.80 Å². The summed E-state index contributed by atoms with van der Waals surface area (Å²) in [6.07, 6.45) is 4.01. The zero-order valence-corrected chi connectivity index (χ0v) is 12.5. The van der Waals surface area contributed by atoms with Crippen molar-refractivity contribution < 1.29 is 0 Å². The van der Waals surface area contributed by atoms with Crippen molar-refractivity contribution in [2.45, 2.75) is 59.0 Å². The zero-order valence-electron chi connectivity index (χ0n) is 12.5. The average Bonchev–Trinajstić information content (AvgIpc) is 2.38. The third-order valence-corrected chi connectivity index (χ3v) is 4.03. The molecule has 0 amide bonds. The lowest BCUT2D eigenvalue weighted by Gasteiger charge is -2.37. The van der Waals surface area contributed by atoms with Gasteiger partial charge in [0.15, 0.2) is 5.96 Å². The van der Waals surface area contributed by atoms with E-state index in [9.17, 15) is 0 Å². The quantitative estimate of drug-likeness (QED) is 0.602. The molecular formula is C14H30N4. The lowest BCUT2D eigenvalue weighted by atomic mass is 10.0. The monoisotopic (exact) mass is 254 g/mol. The molecule has 1 aliphatic rings. The van der Waals surface area contributed by atoms with E-state index in [0.717, 1.165) is 19.6 Å². The van der Waals surface area contributed by atoms with Gasteiger partial charge in [0.25, 0.3) is 0 Å². The van der Waals surface area contributed by atoms with E-state index in [-0.39, 0.29) is 0 Å². The zero-order chi connectivity index (χ0) is 13.5. The number of hydrogen-bond donors (Lipinski definition) is 1. The van der Waals surface area contributed by atoms with Crippen LogP contribution in [0.15, 0.2) is 4.99 Å². The molecule has 1 fully saturated rings. The van der Waals surface area contributed by atoms with Crippen molar-refractivity contribution in [2.75, 3.05) is 26.2 Å². The van der Waals surface area contributed by atoms with Gasteiger partial charge in [0.05, 0.1) is 6.54 Å². The van der Waals surface area contributed by atoms with Gasteiger partial charge in [-0.3, -0.25) is 9.89 Å². The van der Waals surface area contributed by atoms with E-state index >= 15 is 0 Å². The van der Waals surface area contributed by atoms with Crippen molar-refractivity contribution in [1.29, 1.82) is 0 Å². The molecular weight excluding hydrogens is 224 g/mol. The maximum atomic E-state index is 6.01. The van der Waals surface area contributed by atoms with E-state index in [1.165, 1.54) is 25.8 Å². The second-order valence-corrected chi connectivity index (χ2v) is 5.30. The molecule has 0 saturated carbocycles. The third kappa shape index (κ3) is 4.16. The van der Waals surface area contributed by atoms with E-state index in [1.54, 1.807) is 0 Å². The minimum atomic E-state index is 0.495. The van der Waals surface area contributed by atoms with Crippen molar-refractivity contribution in [3.63, 3.8) is 0 Å². The minimum Gasteiger partial charge on any atom is -0.370 e. The Balaban J connectivity index is 2.48. The second-order valence-electron chi connectivity index (χ2n) is 5.30. The molecule has 0 bridgehead atoms. The molecule has 4 heteroatoms. The first-order valence-electron chi connectivity index (χ1n) is 7.40. The molecule has 0 spiro atoms. The summed E-state index contributed by atoms with van der Waals surface area (Å²) in [5, 5.41) is 0. The average molecular weight is 254 g/mol. The van der Waals surface area contributed by atoms with Gasteiger partial charge in [-0.2, -0.15) is 0 Å². The highest BCUT2D eigenvalue weighted by atomic mass is 15.3. The lowest BCUT2D eigenvalue weighted by Crippen LogP contribution is -2.45. The Labute approximate surface area is 112 Å². The molecule has 4 nitrogen and oxygen atoms in total. The Hall–Kier alpha value is -0.770. The molecule has 2 unspecified atom stereocenters. The van der Waals surface area contributed by atoms with Crippen LogP contribution in [0.25, 0.3) is 0 Å². The van der Waals surface area contributed by atoms with E-state index < -0.39 is 0 Å². The van der Waals surface area contributed by atoms with Gasteiger partial charge in [-0.15, -0.1) is 0 Å². The van der Waals surface area contributed by atoms with E-state index in [4.69, 9.17) is 5.73 Å². The van der Waals surface area contributed by atoms with Crippen LogP contribution in [0.3, 0.4) is 0 Å². The summed E-state index contributed by atoms with van der Waals surface area (Å²) < 4.78 is 0. The normalized spacial score (nSPS) is 24.0. The Bertz CT molecular complexity index is 261. The van der Waals surface area contributed by atoms with Crippen molar-refractivity contribution in [3.05, 3.63) is 0 Å². The van der Waals surface area contributed by atoms with Crippen LogP contribution in [0, 0.1) is 0 Å². The van der Waals surface area contributed by atoms with Crippen LogP contribution in [0.5, 0.6) is 0 Å². The van der Waals surface area contributed by atoms with E-state index in [2.05, 4.69) is 42.5 Å². The van der Waals surface area contributed by atoms with Gasteiger partial charge in [-0.1, -0.05) is 6.42 Å². The van der Waals surface area contributed by atoms with E-state index in [1.807, 2.05) is 0 Å². The van der Waals surface area contributed by atoms with Crippen LogP contribution >= 0.6 is 0 Å². The van der Waals surface area contributed by atoms with Crippen LogP contribution in [0.2, 0.25) is 0 Å². The third-order valence-electron chi connectivity index (χ3n) is 4.03. The van der Waals surface area contributed by atoms with Crippen LogP contribution in [0.1, 0.15) is 47.0 Å². The Morgan fingerprint density at radius 1 is 1.39 bits per heavy atom. The summed E-state index contributed by atoms with van der Waals surface area (Å²) in [5.41, 5.74) is 6.01. The highest BCUT2D eigenvalue weighted by Crippen LogP contribution is 2.19. The van der Waals surface area contributed by atoms with Gasteiger partial charge >= 0.3 is 0 Å². The fourth-order valence-electron chi connectivity index (χ4n) is 2.75. The van der Waals surface area contributed by atoms with Gasteiger partial charge < -0.3 is 10.6 Å². The number of hydrogen-bond acceptors (Lipinski definition) is 2. The fraction of sp³-hybridized carbons (Fsp3) is 0.929. The van der Waals surface area contributed by atoms with Crippen LogP contribution < -0.4 is 5.73 Å². The molecule has 18 heavy (non-hydrogen) atoms. The molecule has 1 heterocycles. The summed E-state index contributed by atoms with van der Waals surface area (Å²) in [4.78, 5) is 9.23.